The maximum atomic E-state index is 9.54. The van der Waals surface area contributed by atoms with Crippen molar-refractivity contribution in [1.82, 2.24) is 0 Å². The first-order valence-electron chi connectivity index (χ1n) is 9.27. The number of allylic oxidation sites excluding steroid dienone is 2. The number of aliphatic hydroxyl groups is 2. The van der Waals surface area contributed by atoms with Gasteiger partial charge < -0.3 is 10.2 Å². The van der Waals surface area contributed by atoms with E-state index in [1.807, 2.05) is 0 Å². The van der Waals surface area contributed by atoms with Crippen LogP contribution in [0.1, 0.15) is 72.6 Å². The molecule has 0 bridgehead atoms. The Balaban J connectivity index is 2.17. The van der Waals surface area contributed by atoms with E-state index in [1.165, 1.54) is 32.1 Å². The van der Waals surface area contributed by atoms with Crippen molar-refractivity contribution in [3.8, 4) is 0 Å². The third-order valence-electron chi connectivity index (χ3n) is 7.48. The zero-order valence-corrected chi connectivity index (χ0v) is 15.1. The van der Waals surface area contributed by atoms with Crippen molar-refractivity contribution >= 4 is 0 Å². The number of hydrogen-bond donors (Lipinski definition) is 2. The van der Waals surface area contributed by atoms with Crippen molar-refractivity contribution < 1.29 is 10.2 Å². The van der Waals surface area contributed by atoms with Crippen LogP contribution in [-0.2, 0) is 0 Å². The molecule has 128 valence electrons. The van der Waals surface area contributed by atoms with E-state index < -0.39 is 0 Å². The Morgan fingerprint density at radius 1 is 1.23 bits per heavy atom. The fraction of sp³-hybridized carbons (Fsp3) is 0.900. The van der Waals surface area contributed by atoms with Crippen molar-refractivity contribution in [2.24, 2.45) is 28.6 Å². The van der Waals surface area contributed by atoms with Gasteiger partial charge in [0.15, 0.2) is 0 Å². The molecule has 2 rings (SSSR count). The number of rotatable bonds is 6. The van der Waals surface area contributed by atoms with E-state index in [9.17, 15) is 5.11 Å². The molecule has 5 atom stereocenters. The molecule has 2 N–H and O–H groups in total. The molecule has 0 heterocycles. The normalized spacial score (nSPS) is 40.0. The fourth-order valence-corrected chi connectivity index (χ4v) is 5.36. The van der Waals surface area contributed by atoms with Crippen molar-refractivity contribution in [2.45, 2.75) is 72.6 Å². The van der Waals surface area contributed by atoms with Crippen LogP contribution < -0.4 is 0 Å². The molecule has 2 aliphatic rings. The van der Waals surface area contributed by atoms with Gasteiger partial charge in [0.25, 0.3) is 0 Å². The van der Waals surface area contributed by atoms with E-state index >= 15 is 0 Å². The molecular weight excluding hydrogens is 272 g/mol. The second kappa shape index (κ2) is 7.05. The van der Waals surface area contributed by atoms with Crippen molar-refractivity contribution in [1.29, 1.82) is 0 Å². The van der Waals surface area contributed by atoms with Gasteiger partial charge in [-0.2, -0.15) is 0 Å². The maximum Gasteiger partial charge on any atom is 0.0460 e. The Morgan fingerprint density at radius 3 is 2.59 bits per heavy atom. The second-order valence-corrected chi connectivity index (χ2v) is 8.48. The molecule has 0 aromatic carbocycles. The maximum absolute atomic E-state index is 9.54. The SMILES string of the molecule is CC1=CCC[C@@H]2[C@@](C)(CC[C@H](CO)CCO)[C@H](C)CC[C@@]12C. The standard InChI is InChI=1S/C20H36O2/c1-15-6-5-7-18-19(15,3)11-8-16(2)20(18,4)12-9-17(14-22)10-13-21/h6,16-18,21-22H,5,7-14H2,1-4H3/t16-,17+,18+,19+,20+/m1/s1. The highest BCUT2D eigenvalue weighted by Crippen LogP contribution is 2.61. The molecule has 0 aliphatic heterocycles. The zero-order valence-electron chi connectivity index (χ0n) is 15.1. The topological polar surface area (TPSA) is 40.5 Å². The monoisotopic (exact) mass is 308 g/mol. The van der Waals surface area contributed by atoms with E-state index in [-0.39, 0.29) is 19.1 Å². The minimum atomic E-state index is 0.195. The summed E-state index contributed by atoms with van der Waals surface area (Å²) in [4.78, 5) is 0. The predicted molar refractivity (Wildman–Crippen MR) is 92.6 cm³/mol. The van der Waals surface area contributed by atoms with Crippen LogP contribution in [0.4, 0.5) is 0 Å². The summed E-state index contributed by atoms with van der Waals surface area (Å²) in [6, 6.07) is 0. The summed E-state index contributed by atoms with van der Waals surface area (Å²) < 4.78 is 0. The Labute approximate surface area is 137 Å². The molecule has 0 radical (unpaired) electrons. The summed E-state index contributed by atoms with van der Waals surface area (Å²) in [6.45, 7) is 10.2. The number of fused-ring (bicyclic) bond motifs is 1. The summed E-state index contributed by atoms with van der Waals surface area (Å²) >= 11 is 0. The first-order valence-corrected chi connectivity index (χ1v) is 9.27. The van der Waals surface area contributed by atoms with Gasteiger partial charge in [0.2, 0.25) is 0 Å². The summed E-state index contributed by atoms with van der Waals surface area (Å²) in [7, 11) is 0. The van der Waals surface area contributed by atoms with Gasteiger partial charge in [-0.1, -0.05) is 32.4 Å². The van der Waals surface area contributed by atoms with E-state index in [2.05, 4.69) is 33.8 Å². The van der Waals surface area contributed by atoms with Crippen LogP contribution in [0.25, 0.3) is 0 Å². The minimum Gasteiger partial charge on any atom is -0.396 e. The molecule has 2 heteroatoms. The van der Waals surface area contributed by atoms with Crippen LogP contribution in [0.3, 0.4) is 0 Å². The predicted octanol–water partition coefficient (Wildman–Crippen LogP) is 4.56. The van der Waals surface area contributed by atoms with E-state index in [0.717, 1.165) is 24.7 Å². The highest BCUT2D eigenvalue weighted by Gasteiger charge is 2.52. The lowest BCUT2D eigenvalue weighted by Crippen LogP contribution is -2.49. The van der Waals surface area contributed by atoms with Gasteiger partial charge in [-0.25, -0.2) is 0 Å². The highest BCUT2D eigenvalue weighted by atomic mass is 16.3. The molecule has 1 saturated carbocycles. The quantitative estimate of drug-likeness (QED) is 0.706. The zero-order chi connectivity index (χ0) is 16.4. The van der Waals surface area contributed by atoms with Crippen LogP contribution >= 0.6 is 0 Å². The van der Waals surface area contributed by atoms with Gasteiger partial charge in [-0.05, 0) is 80.5 Å². The van der Waals surface area contributed by atoms with Crippen LogP contribution in [0.15, 0.2) is 11.6 Å². The lowest BCUT2D eigenvalue weighted by molar-refractivity contribution is -0.0518. The molecule has 22 heavy (non-hydrogen) atoms. The lowest BCUT2D eigenvalue weighted by Gasteiger charge is -2.58. The fourth-order valence-electron chi connectivity index (χ4n) is 5.36. The summed E-state index contributed by atoms with van der Waals surface area (Å²) in [5.41, 5.74) is 2.35. The molecule has 1 fully saturated rings. The third kappa shape index (κ3) is 3.14. The van der Waals surface area contributed by atoms with Gasteiger partial charge in [-0.15, -0.1) is 0 Å². The summed E-state index contributed by atoms with van der Waals surface area (Å²) in [5.74, 6) is 1.79. The second-order valence-electron chi connectivity index (χ2n) is 8.48. The lowest BCUT2D eigenvalue weighted by atomic mass is 9.47. The first kappa shape index (κ1) is 18.0. The third-order valence-corrected chi connectivity index (χ3v) is 7.48. The van der Waals surface area contributed by atoms with Crippen LogP contribution in [-0.4, -0.2) is 23.4 Å². The van der Waals surface area contributed by atoms with E-state index in [1.54, 1.807) is 5.57 Å². The molecule has 0 unspecified atom stereocenters. The van der Waals surface area contributed by atoms with E-state index in [4.69, 9.17) is 5.11 Å². The number of aliphatic hydroxyl groups excluding tert-OH is 2. The first-order chi connectivity index (χ1) is 10.4. The van der Waals surface area contributed by atoms with Crippen molar-refractivity contribution in [3.63, 3.8) is 0 Å². The summed E-state index contributed by atoms with van der Waals surface area (Å²) in [5, 5.41) is 18.7. The largest absolute Gasteiger partial charge is 0.396 e. The van der Waals surface area contributed by atoms with E-state index in [0.29, 0.717) is 10.8 Å². The molecule has 0 aromatic rings. The Morgan fingerprint density at radius 2 is 1.95 bits per heavy atom. The average molecular weight is 309 g/mol. The Bertz CT molecular complexity index is 403. The van der Waals surface area contributed by atoms with Crippen molar-refractivity contribution in [3.05, 3.63) is 11.6 Å². The van der Waals surface area contributed by atoms with Gasteiger partial charge in [0.1, 0.15) is 0 Å². The van der Waals surface area contributed by atoms with Gasteiger partial charge in [0.05, 0.1) is 0 Å². The van der Waals surface area contributed by atoms with Crippen LogP contribution in [0.2, 0.25) is 0 Å². The molecular formula is C20H36O2. The molecule has 0 spiro atoms. The highest BCUT2D eigenvalue weighted by molar-refractivity contribution is 5.20. The molecule has 2 aliphatic carbocycles. The average Bonchev–Trinajstić information content (AvgIpc) is 2.50. The minimum absolute atomic E-state index is 0.195. The Hall–Kier alpha value is -0.340. The molecule has 2 nitrogen and oxygen atoms in total. The van der Waals surface area contributed by atoms with Crippen LogP contribution in [0, 0.1) is 28.6 Å². The Kier molecular flexibility index (Phi) is 5.77. The van der Waals surface area contributed by atoms with Crippen LogP contribution in [0.5, 0.6) is 0 Å². The van der Waals surface area contributed by atoms with Crippen molar-refractivity contribution in [2.75, 3.05) is 13.2 Å². The molecule has 0 aromatic heterocycles. The van der Waals surface area contributed by atoms with Gasteiger partial charge in [0, 0.05) is 13.2 Å². The molecule has 0 amide bonds. The molecule has 0 saturated heterocycles. The van der Waals surface area contributed by atoms with Gasteiger partial charge >= 0.3 is 0 Å². The smallest absolute Gasteiger partial charge is 0.0460 e. The number of hydrogen-bond acceptors (Lipinski definition) is 2. The van der Waals surface area contributed by atoms with Gasteiger partial charge in [-0.3, -0.25) is 0 Å². The summed E-state index contributed by atoms with van der Waals surface area (Å²) in [6.07, 6.45) is 10.6.